The molecule has 0 saturated heterocycles. The van der Waals surface area contributed by atoms with E-state index in [9.17, 15) is 9.59 Å². The number of benzene rings is 2. The van der Waals surface area contributed by atoms with Crippen LogP contribution in [0.3, 0.4) is 0 Å². The number of anilines is 1. The minimum Gasteiger partial charge on any atom is -0.454 e. The van der Waals surface area contributed by atoms with E-state index in [1.54, 1.807) is 43.3 Å². The number of hydrogen-bond donors (Lipinski definition) is 2. The predicted molar refractivity (Wildman–Crippen MR) is 99.3 cm³/mol. The van der Waals surface area contributed by atoms with Crippen LogP contribution >= 0.6 is 11.6 Å². The third-order valence-corrected chi connectivity index (χ3v) is 3.93. The summed E-state index contributed by atoms with van der Waals surface area (Å²) in [6.07, 6.45) is 1.72. The molecular weight excluding hydrogens is 356 g/mol. The van der Waals surface area contributed by atoms with Gasteiger partial charge in [0.25, 0.3) is 0 Å². The first-order valence-corrected chi connectivity index (χ1v) is 8.30. The molecule has 0 bridgehead atoms. The molecule has 2 aromatic rings. The van der Waals surface area contributed by atoms with Crippen molar-refractivity contribution in [1.82, 2.24) is 5.32 Å². The first-order chi connectivity index (χ1) is 12.5. The second kappa shape index (κ2) is 7.93. The lowest BCUT2D eigenvalue weighted by Gasteiger charge is -2.08. The molecule has 1 heterocycles. The van der Waals surface area contributed by atoms with Crippen molar-refractivity contribution in [3.05, 3.63) is 58.6 Å². The minimum absolute atomic E-state index is 0.140. The summed E-state index contributed by atoms with van der Waals surface area (Å²) in [5.74, 6) is 0.560. The van der Waals surface area contributed by atoms with Gasteiger partial charge in [-0.3, -0.25) is 9.59 Å². The molecule has 0 aliphatic carbocycles. The summed E-state index contributed by atoms with van der Waals surface area (Å²) in [5, 5.41) is 5.91. The number of carbonyl (C=O) groups excluding carboxylic acids is 2. The van der Waals surface area contributed by atoms with Gasteiger partial charge in [-0.15, -0.1) is 0 Å². The van der Waals surface area contributed by atoms with Gasteiger partial charge in [-0.05, 0) is 42.8 Å². The van der Waals surface area contributed by atoms with E-state index in [1.807, 2.05) is 12.1 Å². The van der Waals surface area contributed by atoms with Gasteiger partial charge in [0.05, 0.1) is 6.54 Å². The Labute approximate surface area is 155 Å². The number of halogens is 1. The highest BCUT2D eigenvalue weighted by atomic mass is 35.5. The summed E-state index contributed by atoms with van der Waals surface area (Å²) >= 11 is 5.83. The summed E-state index contributed by atoms with van der Waals surface area (Å²) in [5.41, 5.74) is 1.91. The molecule has 2 N–H and O–H groups in total. The summed E-state index contributed by atoms with van der Waals surface area (Å²) in [6.45, 7) is 1.71. The molecule has 6 nitrogen and oxygen atoms in total. The second-order valence-electron chi connectivity index (χ2n) is 5.68. The Hall–Kier alpha value is -2.99. The maximum absolute atomic E-state index is 12.1. The van der Waals surface area contributed by atoms with Crippen molar-refractivity contribution < 1.29 is 19.1 Å². The van der Waals surface area contributed by atoms with Crippen LogP contribution in [0.1, 0.15) is 12.5 Å². The molecule has 2 aromatic carbocycles. The lowest BCUT2D eigenvalue weighted by atomic mass is 10.1. The standard InChI is InChI=1S/C19H17ClN2O4/c1-12(8-13-2-4-14(20)5-3-13)19(24)21-10-18(23)22-15-6-7-16-17(9-15)26-11-25-16/h2-9H,10-11H2,1H3,(H,21,24)(H,22,23)/b12-8+. The maximum Gasteiger partial charge on any atom is 0.247 e. The smallest absolute Gasteiger partial charge is 0.247 e. The fourth-order valence-corrected chi connectivity index (χ4v) is 2.48. The van der Waals surface area contributed by atoms with Crippen molar-refractivity contribution in [3.8, 4) is 11.5 Å². The molecular formula is C19H17ClN2O4. The molecule has 3 rings (SSSR count). The molecule has 7 heteroatoms. The van der Waals surface area contributed by atoms with Gasteiger partial charge in [0.1, 0.15) is 0 Å². The number of rotatable bonds is 5. The average molecular weight is 373 g/mol. The maximum atomic E-state index is 12.1. The van der Waals surface area contributed by atoms with Gasteiger partial charge in [0.15, 0.2) is 11.5 Å². The molecule has 0 spiro atoms. The third kappa shape index (κ3) is 4.55. The van der Waals surface area contributed by atoms with Gasteiger partial charge in [-0.1, -0.05) is 23.7 Å². The lowest BCUT2D eigenvalue weighted by Crippen LogP contribution is -2.33. The van der Waals surface area contributed by atoms with E-state index in [2.05, 4.69) is 10.6 Å². The minimum atomic E-state index is -0.337. The Morgan fingerprint density at radius 2 is 1.85 bits per heavy atom. The number of nitrogens with one attached hydrogen (secondary N) is 2. The van der Waals surface area contributed by atoms with Crippen LogP contribution in [0.4, 0.5) is 5.69 Å². The Bertz CT molecular complexity index is 862. The largest absolute Gasteiger partial charge is 0.454 e. The van der Waals surface area contributed by atoms with E-state index >= 15 is 0 Å². The molecule has 0 fully saturated rings. The summed E-state index contributed by atoms with van der Waals surface area (Å²) in [7, 11) is 0. The van der Waals surface area contributed by atoms with E-state index in [-0.39, 0.29) is 25.2 Å². The van der Waals surface area contributed by atoms with Crippen molar-refractivity contribution >= 4 is 35.2 Å². The van der Waals surface area contributed by atoms with Crippen LogP contribution in [0, 0.1) is 0 Å². The van der Waals surface area contributed by atoms with Gasteiger partial charge < -0.3 is 20.1 Å². The lowest BCUT2D eigenvalue weighted by molar-refractivity contribution is -0.121. The first-order valence-electron chi connectivity index (χ1n) is 7.93. The normalized spacial score (nSPS) is 12.6. The van der Waals surface area contributed by atoms with Crippen LogP contribution in [0.2, 0.25) is 5.02 Å². The van der Waals surface area contributed by atoms with Crippen molar-refractivity contribution in [2.24, 2.45) is 0 Å². The van der Waals surface area contributed by atoms with Gasteiger partial charge in [-0.25, -0.2) is 0 Å². The third-order valence-electron chi connectivity index (χ3n) is 3.68. The van der Waals surface area contributed by atoms with E-state index in [0.717, 1.165) is 5.56 Å². The average Bonchev–Trinajstić information content (AvgIpc) is 3.09. The highest BCUT2D eigenvalue weighted by Crippen LogP contribution is 2.34. The predicted octanol–water partition coefficient (Wildman–Crippen LogP) is 3.23. The van der Waals surface area contributed by atoms with Crippen LogP contribution in [-0.4, -0.2) is 25.2 Å². The number of amides is 2. The molecule has 134 valence electrons. The Kier molecular flexibility index (Phi) is 5.43. The summed E-state index contributed by atoms with van der Waals surface area (Å²) in [4.78, 5) is 24.1. The number of ether oxygens (including phenoxy) is 2. The molecule has 26 heavy (non-hydrogen) atoms. The van der Waals surface area contributed by atoms with Gasteiger partial charge in [0.2, 0.25) is 18.6 Å². The molecule has 0 atom stereocenters. The van der Waals surface area contributed by atoms with Crippen LogP contribution in [-0.2, 0) is 9.59 Å². The summed E-state index contributed by atoms with van der Waals surface area (Å²) < 4.78 is 10.5. The highest BCUT2D eigenvalue weighted by Gasteiger charge is 2.14. The molecule has 0 saturated carbocycles. The topological polar surface area (TPSA) is 76.7 Å². The van der Waals surface area contributed by atoms with Crippen LogP contribution < -0.4 is 20.1 Å². The van der Waals surface area contributed by atoms with Crippen LogP contribution in [0.5, 0.6) is 11.5 Å². The fraction of sp³-hybridized carbons (Fsp3) is 0.158. The summed E-state index contributed by atoms with van der Waals surface area (Å²) in [6, 6.07) is 12.2. The molecule has 0 aromatic heterocycles. The zero-order valence-electron chi connectivity index (χ0n) is 14.0. The van der Waals surface area contributed by atoms with Gasteiger partial charge in [0, 0.05) is 22.3 Å². The number of fused-ring (bicyclic) bond motifs is 1. The van der Waals surface area contributed by atoms with Crippen molar-refractivity contribution in [1.29, 1.82) is 0 Å². The molecule has 1 aliphatic heterocycles. The highest BCUT2D eigenvalue weighted by molar-refractivity contribution is 6.30. The SMILES string of the molecule is C/C(=C\c1ccc(Cl)cc1)C(=O)NCC(=O)Nc1ccc2c(c1)OCO2. The Morgan fingerprint density at radius 3 is 2.62 bits per heavy atom. The van der Waals surface area contributed by atoms with Gasteiger partial charge in [-0.2, -0.15) is 0 Å². The molecule has 0 unspecified atom stereocenters. The van der Waals surface area contributed by atoms with Crippen LogP contribution in [0.15, 0.2) is 48.0 Å². The number of hydrogen-bond acceptors (Lipinski definition) is 4. The molecule has 2 amide bonds. The van der Waals surface area contributed by atoms with Crippen molar-refractivity contribution in [2.75, 3.05) is 18.7 Å². The van der Waals surface area contributed by atoms with Gasteiger partial charge >= 0.3 is 0 Å². The second-order valence-corrected chi connectivity index (χ2v) is 6.11. The quantitative estimate of drug-likeness (QED) is 0.790. The van der Waals surface area contributed by atoms with E-state index in [1.165, 1.54) is 0 Å². The van der Waals surface area contributed by atoms with Crippen LogP contribution in [0.25, 0.3) is 6.08 Å². The van der Waals surface area contributed by atoms with Crippen molar-refractivity contribution in [3.63, 3.8) is 0 Å². The Morgan fingerprint density at radius 1 is 1.12 bits per heavy atom. The first kappa shape index (κ1) is 17.8. The zero-order chi connectivity index (χ0) is 18.5. The molecule has 0 radical (unpaired) electrons. The van der Waals surface area contributed by atoms with E-state index in [4.69, 9.17) is 21.1 Å². The Balaban J connectivity index is 1.52. The van der Waals surface area contributed by atoms with Crippen molar-refractivity contribution in [2.45, 2.75) is 6.92 Å². The zero-order valence-corrected chi connectivity index (χ0v) is 14.8. The molecule has 1 aliphatic rings. The monoisotopic (exact) mass is 372 g/mol. The van der Waals surface area contributed by atoms with E-state index < -0.39 is 0 Å². The number of carbonyl (C=O) groups is 2. The fourth-order valence-electron chi connectivity index (χ4n) is 2.35. The van der Waals surface area contributed by atoms with E-state index in [0.29, 0.717) is 27.8 Å².